The van der Waals surface area contributed by atoms with E-state index in [9.17, 15) is 4.79 Å². The third kappa shape index (κ3) is 29.4. The summed E-state index contributed by atoms with van der Waals surface area (Å²) < 4.78 is 10.7. The molecule has 0 amide bonds. The third-order valence-electron chi connectivity index (χ3n) is 6.62. The quantitative estimate of drug-likeness (QED) is 0.0846. The molecule has 0 N–H and O–H groups in total. The predicted octanol–water partition coefficient (Wildman–Crippen LogP) is 9.95. The zero-order valence-corrected chi connectivity index (χ0v) is 22.8. The highest BCUT2D eigenvalue weighted by Crippen LogP contribution is 2.15. The van der Waals surface area contributed by atoms with Gasteiger partial charge in [-0.05, 0) is 12.8 Å². The van der Waals surface area contributed by atoms with Crippen molar-refractivity contribution in [1.29, 1.82) is 0 Å². The lowest BCUT2D eigenvalue weighted by Crippen LogP contribution is -2.10. The molecule has 0 atom stereocenters. The van der Waals surface area contributed by atoms with Crippen molar-refractivity contribution in [1.82, 2.24) is 0 Å². The van der Waals surface area contributed by atoms with Gasteiger partial charge in [-0.3, -0.25) is 4.79 Å². The Morgan fingerprint density at radius 1 is 0.424 bits per heavy atom. The van der Waals surface area contributed by atoms with Gasteiger partial charge in [-0.15, -0.1) is 0 Å². The molecule has 33 heavy (non-hydrogen) atoms. The molecule has 0 aromatic heterocycles. The monoisotopic (exact) mass is 468 g/mol. The molecule has 0 rings (SSSR count). The molecule has 0 aromatic rings. The summed E-state index contributed by atoms with van der Waals surface area (Å²) in [6.45, 7) is 6.24. The Bertz CT molecular complexity index is 370. The smallest absolute Gasteiger partial charge is 0.305 e. The lowest BCUT2D eigenvalue weighted by molar-refractivity contribution is -0.145. The van der Waals surface area contributed by atoms with E-state index in [1.165, 1.54) is 128 Å². The molecular formula is C30H60O3. The second-order valence-corrected chi connectivity index (χ2v) is 10.0. The summed E-state index contributed by atoms with van der Waals surface area (Å²) in [6, 6.07) is 0. The fourth-order valence-corrected chi connectivity index (χ4v) is 4.37. The summed E-state index contributed by atoms with van der Waals surface area (Å²) in [4.78, 5) is 11.7. The Morgan fingerprint density at radius 3 is 1.21 bits per heavy atom. The van der Waals surface area contributed by atoms with Crippen LogP contribution in [0.25, 0.3) is 0 Å². The molecule has 3 nitrogen and oxygen atoms in total. The number of unbranched alkanes of at least 4 members (excludes halogenated alkanes) is 21. The Morgan fingerprint density at radius 2 is 0.788 bits per heavy atom. The molecule has 0 aromatic carbocycles. The van der Waals surface area contributed by atoms with Crippen molar-refractivity contribution in [3.8, 4) is 0 Å². The van der Waals surface area contributed by atoms with Crippen molar-refractivity contribution in [2.24, 2.45) is 0 Å². The fourth-order valence-electron chi connectivity index (χ4n) is 4.37. The first-order valence-corrected chi connectivity index (χ1v) is 15.0. The van der Waals surface area contributed by atoms with Gasteiger partial charge < -0.3 is 9.47 Å². The van der Waals surface area contributed by atoms with Crippen LogP contribution in [0, 0.1) is 0 Å². The molecule has 0 bridgehead atoms. The maximum absolute atomic E-state index is 11.7. The maximum atomic E-state index is 11.7. The lowest BCUT2D eigenvalue weighted by atomic mass is 10.0. The van der Waals surface area contributed by atoms with Crippen molar-refractivity contribution in [3.05, 3.63) is 0 Å². The van der Waals surface area contributed by atoms with Crippen molar-refractivity contribution >= 4 is 5.97 Å². The topological polar surface area (TPSA) is 35.5 Å². The van der Waals surface area contributed by atoms with Crippen LogP contribution in [0.5, 0.6) is 0 Å². The number of carbonyl (C=O) groups excluding carboxylic acids is 1. The Labute approximate surface area is 208 Å². The Balaban J connectivity index is 3.11. The van der Waals surface area contributed by atoms with E-state index in [0.29, 0.717) is 19.6 Å². The molecule has 0 aliphatic rings. The van der Waals surface area contributed by atoms with Crippen LogP contribution in [-0.4, -0.2) is 25.8 Å². The number of esters is 1. The van der Waals surface area contributed by atoms with Crippen LogP contribution >= 0.6 is 0 Å². The number of rotatable bonds is 28. The van der Waals surface area contributed by atoms with Crippen LogP contribution < -0.4 is 0 Å². The van der Waals surface area contributed by atoms with Crippen LogP contribution in [-0.2, 0) is 14.3 Å². The minimum absolute atomic E-state index is 0.0587. The molecule has 0 spiro atoms. The zero-order valence-electron chi connectivity index (χ0n) is 22.8. The van der Waals surface area contributed by atoms with Crippen molar-refractivity contribution in [3.63, 3.8) is 0 Å². The molecule has 0 unspecified atom stereocenters. The van der Waals surface area contributed by atoms with Gasteiger partial charge in [0.2, 0.25) is 0 Å². The molecule has 198 valence electrons. The number of ether oxygens (including phenoxy) is 2. The summed E-state index contributed by atoms with van der Waals surface area (Å²) in [5.74, 6) is -0.0587. The molecule has 0 saturated heterocycles. The van der Waals surface area contributed by atoms with E-state index in [4.69, 9.17) is 9.47 Å². The second-order valence-electron chi connectivity index (χ2n) is 10.0. The van der Waals surface area contributed by atoms with Gasteiger partial charge in [0, 0.05) is 13.0 Å². The van der Waals surface area contributed by atoms with E-state index in [2.05, 4.69) is 13.8 Å². The van der Waals surface area contributed by atoms with E-state index in [1.807, 2.05) is 0 Å². The summed E-state index contributed by atoms with van der Waals surface area (Å²) >= 11 is 0. The number of hydrogen-bond donors (Lipinski definition) is 0. The fraction of sp³-hybridized carbons (Fsp3) is 0.967. The van der Waals surface area contributed by atoms with Crippen LogP contribution in [0.4, 0.5) is 0 Å². The molecule has 0 fully saturated rings. The van der Waals surface area contributed by atoms with Crippen molar-refractivity contribution in [2.45, 2.75) is 168 Å². The maximum Gasteiger partial charge on any atom is 0.305 e. The van der Waals surface area contributed by atoms with Gasteiger partial charge in [-0.2, -0.15) is 0 Å². The van der Waals surface area contributed by atoms with Crippen molar-refractivity contribution in [2.75, 3.05) is 19.8 Å². The first-order valence-electron chi connectivity index (χ1n) is 15.0. The predicted molar refractivity (Wildman–Crippen MR) is 144 cm³/mol. The van der Waals surface area contributed by atoms with Gasteiger partial charge in [0.1, 0.15) is 6.61 Å². The molecule has 0 aliphatic heterocycles. The standard InChI is InChI=1S/C30H60O3/c1-3-5-7-9-10-11-12-13-14-15-16-17-18-19-20-21-22-23-24-26-30(31)33-29-28-32-27-25-8-6-4-2/h3-29H2,1-2H3. The largest absolute Gasteiger partial charge is 0.463 e. The highest BCUT2D eigenvalue weighted by atomic mass is 16.6. The van der Waals surface area contributed by atoms with Gasteiger partial charge in [-0.25, -0.2) is 0 Å². The summed E-state index contributed by atoms with van der Waals surface area (Å²) in [5, 5.41) is 0. The number of carbonyl (C=O) groups is 1. The van der Waals surface area contributed by atoms with Crippen LogP contribution in [0.2, 0.25) is 0 Å². The van der Waals surface area contributed by atoms with Crippen LogP contribution in [0.15, 0.2) is 0 Å². The number of hydrogen-bond acceptors (Lipinski definition) is 3. The van der Waals surface area contributed by atoms with Gasteiger partial charge >= 0.3 is 5.97 Å². The summed E-state index contributed by atoms with van der Waals surface area (Å²) in [5.41, 5.74) is 0. The second kappa shape index (κ2) is 29.5. The molecular weight excluding hydrogens is 408 g/mol. The van der Waals surface area contributed by atoms with Gasteiger partial charge in [0.25, 0.3) is 0 Å². The van der Waals surface area contributed by atoms with E-state index in [-0.39, 0.29) is 5.97 Å². The lowest BCUT2D eigenvalue weighted by Gasteiger charge is -2.06. The van der Waals surface area contributed by atoms with Gasteiger partial charge in [0.05, 0.1) is 6.61 Å². The minimum atomic E-state index is -0.0587. The molecule has 0 heterocycles. The molecule has 0 radical (unpaired) electrons. The summed E-state index contributed by atoms with van der Waals surface area (Å²) in [7, 11) is 0. The van der Waals surface area contributed by atoms with Gasteiger partial charge in [0.15, 0.2) is 0 Å². The third-order valence-corrected chi connectivity index (χ3v) is 6.62. The minimum Gasteiger partial charge on any atom is -0.463 e. The summed E-state index contributed by atoms with van der Waals surface area (Å²) in [6.07, 6.45) is 31.5. The normalized spacial score (nSPS) is 11.2. The van der Waals surface area contributed by atoms with E-state index in [0.717, 1.165) is 25.9 Å². The SMILES string of the molecule is CCCCCCCCCCCCCCCCCCCCCC(=O)OCCOCCCCCC. The van der Waals surface area contributed by atoms with Crippen LogP contribution in [0.1, 0.15) is 168 Å². The highest BCUT2D eigenvalue weighted by Gasteiger charge is 2.02. The molecule has 0 aliphatic carbocycles. The van der Waals surface area contributed by atoms with E-state index >= 15 is 0 Å². The highest BCUT2D eigenvalue weighted by molar-refractivity contribution is 5.69. The van der Waals surface area contributed by atoms with E-state index in [1.54, 1.807) is 0 Å². The van der Waals surface area contributed by atoms with Gasteiger partial charge in [-0.1, -0.05) is 149 Å². The molecule has 3 heteroatoms. The first-order chi connectivity index (χ1) is 16.3. The Hall–Kier alpha value is -0.570. The first kappa shape index (κ1) is 32.4. The van der Waals surface area contributed by atoms with Crippen molar-refractivity contribution < 1.29 is 14.3 Å². The van der Waals surface area contributed by atoms with E-state index < -0.39 is 0 Å². The van der Waals surface area contributed by atoms with Crippen LogP contribution in [0.3, 0.4) is 0 Å². The Kier molecular flexibility index (Phi) is 29.0. The zero-order chi connectivity index (χ0) is 24.1. The average molecular weight is 469 g/mol. The average Bonchev–Trinajstić information content (AvgIpc) is 2.82. The molecule has 0 saturated carbocycles.